The van der Waals surface area contributed by atoms with Crippen molar-refractivity contribution in [1.82, 2.24) is 24.8 Å². The summed E-state index contributed by atoms with van der Waals surface area (Å²) in [5, 5.41) is 3.54. The molecule has 8 rings (SSSR count). The van der Waals surface area contributed by atoms with E-state index in [1.54, 1.807) is 26.5 Å². The first-order valence-corrected chi connectivity index (χ1v) is 17.8. The summed E-state index contributed by atoms with van der Waals surface area (Å²) in [5.41, 5.74) is 16.1. The SMILES string of the molecule is CN1C(=O)[C@@](C)(C[C@H]2CCC[C@@H](Nc3cnc4ccccc4n3)C2)N=C1N.Cc1cc(-c2cccc(C3(C4CC4)N=C(N)N(C)C3=O)c2)ccn1. The molecule has 1 unspecified atom stereocenters. The number of aryl methyl sites for hydroxylation is 1. The van der Waals surface area contributed by atoms with Crippen LogP contribution < -0.4 is 16.8 Å². The van der Waals surface area contributed by atoms with Crippen molar-refractivity contribution in [2.24, 2.45) is 33.3 Å². The van der Waals surface area contributed by atoms with E-state index in [2.05, 4.69) is 42.4 Å². The number of likely N-dealkylation sites (N-methyl/N-ethyl adjacent to an activating group) is 2. The number of anilines is 1. The Morgan fingerprint density at radius 3 is 2.25 bits per heavy atom. The molecule has 0 saturated heterocycles. The lowest BCUT2D eigenvalue weighted by atomic mass is 9.78. The zero-order chi connectivity index (χ0) is 35.9. The van der Waals surface area contributed by atoms with Crippen molar-refractivity contribution < 1.29 is 9.59 Å². The van der Waals surface area contributed by atoms with Gasteiger partial charge < -0.3 is 16.8 Å². The molecule has 5 N–H and O–H groups in total. The number of carbonyl (C=O) groups excluding carboxylic acids is 2. The van der Waals surface area contributed by atoms with Gasteiger partial charge in [0.1, 0.15) is 11.4 Å². The van der Waals surface area contributed by atoms with Crippen LogP contribution in [0.3, 0.4) is 0 Å². The predicted octanol–water partition coefficient (Wildman–Crippen LogP) is 4.99. The number of aromatic nitrogens is 3. The molecule has 2 fully saturated rings. The molecule has 0 bridgehead atoms. The van der Waals surface area contributed by atoms with Crippen molar-refractivity contribution >= 4 is 40.6 Å². The van der Waals surface area contributed by atoms with Gasteiger partial charge in [-0.25, -0.2) is 15.0 Å². The summed E-state index contributed by atoms with van der Waals surface area (Å²) in [5.74, 6) is 2.08. The Labute approximate surface area is 298 Å². The van der Waals surface area contributed by atoms with E-state index in [9.17, 15) is 9.59 Å². The number of fused-ring (bicyclic) bond motifs is 1. The number of carbonyl (C=O) groups is 2. The lowest BCUT2D eigenvalue weighted by Gasteiger charge is -2.33. The average molecular weight is 687 g/mol. The van der Waals surface area contributed by atoms with E-state index in [0.717, 1.165) is 84.2 Å². The Kier molecular flexibility index (Phi) is 8.94. The van der Waals surface area contributed by atoms with Gasteiger partial charge in [-0.1, -0.05) is 43.2 Å². The summed E-state index contributed by atoms with van der Waals surface area (Å²) in [6.45, 7) is 3.87. The fourth-order valence-corrected chi connectivity index (χ4v) is 7.89. The molecule has 2 aliphatic carbocycles. The number of amides is 2. The molecule has 2 saturated carbocycles. The Morgan fingerprint density at radius 1 is 0.843 bits per heavy atom. The molecule has 12 nitrogen and oxygen atoms in total. The zero-order valence-electron chi connectivity index (χ0n) is 29.7. The number of rotatable bonds is 7. The first-order chi connectivity index (χ1) is 24.5. The van der Waals surface area contributed by atoms with Crippen molar-refractivity contribution in [3.05, 3.63) is 84.3 Å². The van der Waals surface area contributed by atoms with Crippen molar-refractivity contribution in [2.45, 2.75) is 75.9 Å². The third-order valence-electron chi connectivity index (χ3n) is 10.7. The maximum Gasteiger partial charge on any atom is 0.261 e. The number of benzene rings is 2. The fourth-order valence-electron chi connectivity index (χ4n) is 7.89. The number of pyridine rings is 1. The Morgan fingerprint density at radius 2 is 1.57 bits per heavy atom. The number of nitrogens with one attached hydrogen (secondary N) is 1. The summed E-state index contributed by atoms with van der Waals surface area (Å²) >= 11 is 0. The largest absolute Gasteiger partial charge is 0.369 e. The highest BCUT2D eigenvalue weighted by atomic mass is 16.2. The van der Waals surface area contributed by atoms with Crippen LogP contribution in [-0.2, 0) is 15.1 Å². The zero-order valence-corrected chi connectivity index (χ0v) is 29.7. The highest BCUT2D eigenvalue weighted by Crippen LogP contribution is 2.51. The van der Waals surface area contributed by atoms with Crippen LogP contribution in [0.2, 0.25) is 0 Å². The quantitative estimate of drug-likeness (QED) is 0.245. The third-order valence-corrected chi connectivity index (χ3v) is 10.7. The van der Waals surface area contributed by atoms with E-state index in [1.165, 1.54) is 9.80 Å². The van der Waals surface area contributed by atoms with Crippen molar-refractivity contribution in [3.8, 4) is 11.1 Å². The lowest BCUT2D eigenvalue weighted by Crippen LogP contribution is -2.42. The molecule has 2 aliphatic heterocycles. The van der Waals surface area contributed by atoms with Crippen LogP contribution in [0.4, 0.5) is 5.82 Å². The molecule has 12 heteroatoms. The summed E-state index contributed by atoms with van der Waals surface area (Å²) in [6.07, 6.45) is 10.7. The standard InChI is InChI=1S/C20H26N6O.C19H20N4O/c1-20(18(27)26(2)19(21)25-20)11-13-6-5-7-14(10-13)23-17-12-22-15-8-3-4-9-16(15)24-17;1-12-10-14(8-9-21-12)13-4-3-5-16(11-13)19(15-6-7-15)17(24)23(2)18(20)22-19/h3-4,8-9,12-14H,5-7,10-11H2,1-2H3,(H2,21,25)(H,23,24);3-5,8-11,15H,6-7H2,1-2H3,(H2,20,22)/t13-,14+,20+;/m0./s1. The van der Waals surface area contributed by atoms with Crippen molar-refractivity contribution in [2.75, 3.05) is 19.4 Å². The van der Waals surface area contributed by atoms with Gasteiger partial charge in [-0.15, -0.1) is 0 Å². The highest BCUT2D eigenvalue weighted by molar-refractivity contribution is 6.07. The summed E-state index contributed by atoms with van der Waals surface area (Å²) < 4.78 is 0. The van der Waals surface area contributed by atoms with Gasteiger partial charge in [0.15, 0.2) is 17.5 Å². The van der Waals surface area contributed by atoms with Gasteiger partial charge in [0.2, 0.25) is 0 Å². The van der Waals surface area contributed by atoms with Gasteiger partial charge in [-0.2, -0.15) is 0 Å². The molecule has 51 heavy (non-hydrogen) atoms. The van der Waals surface area contributed by atoms with Crippen LogP contribution in [0.1, 0.15) is 63.1 Å². The lowest BCUT2D eigenvalue weighted by molar-refractivity contribution is -0.131. The van der Waals surface area contributed by atoms with Gasteiger partial charge in [0, 0.05) is 32.0 Å². The molecule has 4 heterocycles. The molecule has 264 valence electrons. The number of para-hydroxylation sites is 2. The van der Waals surface area contributed by atoms with Gasteiger partial charge in [-0.05, 0) is 105 Å². The molecule has 0 radical (unpaired) electrons. The molecule has 4 aliphatic rings. The summed E-state index contributed by atoms with van der Waals surface area (Å²) in [7, 11) is 3.39. The van der Waals surface area contributed by atoms with Crippen LogP contribution in [0.15, 0.2) is 83.0 Å². The molecule has 2 amide bonds. The van der Waals surface area contributed by atoms with Gasteiger partial charge >= 0.3 is 0 Å². The topological polar surface area (TPSA) is 168 Å². The average Bonchev–Trinajstić information content (AvgIpc) is 3.93. The molecular weight excluding hydrogens is 640 g/mol. The van der Waals surface area contributed by atoms with E-state index >= 15 is 0 Å². The van der Waals surface area contributed by atoms with Crippen LogP contribution in [-0.4, -0.2) is 74.2 Å². The number of hydrogen-bond acceptors (Lipinski definition) is 10. The molecule has 2 aromatic carbocycles. The number of hydrogen-bond donors (Lipinski definition) is 3. The van der Waals surface area contributed by atoms with E-state index in [0.29, 0.717) is 23.9 Å². The first kappa shape index (κ1) is 34.1. The second-order valence-corrected chi connectivity index (χ2v) is 14.6. The van der Waals surface area contributed by atoms with E-state index in [1.807, 2.05) is 62.4 Å². The van der Waals surface area contributed by atoms with Gasteiger partial charge in [0.25, 0.3) is 11.8 Å². The normalized spacial score (nSPS) is 26.1. The minimum absolute atomic E-state index is 0.00419. The van der Waals surface area contributed by atoms with Crippen LogP contribution in [0.5, 0.6) is 0 Å². The van der Waals surface area contributed by atoms with Crippen LogP contribution >= 0.6 is 0 Å². The van der Waals surface area contributed by atoms with Gasteiger partial charge in [-0.3, -0.25) is 29.4 Å². The number of nitrogens with zero attached hydrogens (tertiary/aromatic N) is 7. The number of nitrogens with two attached hydrogens (primary N) is 2. The first-order valence-electron chi connectivity index (χ1n) is 17.8. The molecular formula is C39H46N10O2. The van der Waals surface area contributed by atoms with Crippen molar-refractivity contribution in [3.63, 3.8) is 0 Å². The van der Waals surface area contributed by atoms with Crippen LogP contribution in [0.25, 0.3) is 22.2 Å². The third kappa shape index (κ3) is 6.62. The predicted molar refractivity (Wildman–Crippen MR) is 200 cm³/mol. The second kappa shape index (κ2) is 13.4. The Balaban J connectivity index is 0.000000160. The van der Waals surface area contributed by atoms with Crippen LogP contribution in [0, 0.1) is 18.8 Å². The van der Waals surface area contributed by atoms with E-state index in [4.69, 9.17) is 11.5 Å². The number of aliphatic imine (C=N–C) groups is 2. The van der Waals surface area contributed by atoms with E-state index in [-0.39, 0.29) is 17.7 Å². The Hall–Kier alpha value is -5.39. The highest BCUT2D eigenvalue weighted by Gasteiger charge is 2.57. The summed E-state index contributed by atoms with van der Waals surface area (Å²) in [4.78, 5) is 50.9. The smallest absolute Gasteiger partial charge is 0.261 e. The minimum Gasteiger partial charge on any atom is -0.369 e. The van der Waals surface area contributed by atoms with Crippen molar-refractivity contribution in [1.29, 1.82) is 0 Å². The maximum absolute atomic E-state index is 12.9. The number of guanidine groups is 2. The molecule has 4 aromatic rings. The molecule has 2 aromatic heterocycles. The Bertz CT molecular complexity index is 2040. The summed E-state index contributed by atoms with van der Waals surface area (Å²) in [6, 6.07) is 20.3. The fraction of sp³-hybridized carbons (Fsp3) is 0.410. The van der Waals surface area contributed by atoms with Gasteiger partial charge in [0.05, 0.1) is 17.2 Å². The molecule has 0 spiro atoms. The monoisotopic (exact) mass is 686 g/mol. The molecule has 4 atom stereocenters. The minimum atomic E-state index is -0.850. The van der Waals surface area contributed by atoms with E-state index < -0.39 is 11.1 Å². The second-order valence-electron chi connectivity index (χ2n) is 14.6. The maximum atomic E-state index is 12.9.